The molecule has 0 aliphatic heterocycles. The van der Waals surface area contributed by atoms with Gasteiger partial charge >= 0.3 is 5.97 Å². The number of hydrogen-bond donors (Lipinski definition) is 0. The predicted molar refractivity (Wildman–Crippen MR) is 145 cm³/mol. The number of esters is 1. The Balaban J connectivity index is 1.76. The molecule has 0 saturated carbocycles. The lowest BCUT2D eigenvalue weighted by Gasteiger charge is -2.35. The summed E-state index contributed by atoms with van der Waals surface area (Å²) in [5.41, 5.74) is 2.54. The second kappa shape index (κ2) is 15.6. The lowest BCUT2D eigenvalue weighted by Crippen LogP contribution is -2.52. The molecule has 0 radical (unpaired) electrons. The van der Waals surface area contributed by atoms with Gasteiger partial charge in [0, 0.05) is 12.0 Å². The Morgan fingerprint density at radius 1 is 0.800 bits per heavy atom. The Bertz CT molecular complexity index is 832. The number of unbranched alkanes of at least 4 members (excludes halogenated alkanes) is 7. The largest absolute Gasteiger partial charge is 0.455 e. The molecule has 4 nitrogen and oxygen atoms in total. The standard InChI is InChI=1S/C31H48NO3/c1-6-8-9-10-11-12-13-15-18-27-21-23-29(24-22-27)34-30(7-2)35-31(33)26(3)32(4,5)25-28-19-16-14-17-20-28/h14,16-17,19-24,26,30H,6-13,15,18,25H2,1-5H3/q+1. The van der Waals surface area contributed by atoms with E-state index in [-0.39, 0.29) is 12.0 Å². The van der Waals surface area contributed by atoms with E-state index in [2.05, 4.69) is 45.3 Å². The maximum Gasteiger partial charge on any atom is 0.367 e. The molecular formula is C31H48NO3+. The summed E-state index contributed by atoms with van der Waals surface area (Å²) in [4.78, 5) is 12.9. The quantitative estimate of drug-likeness (QED) is 0.100. The van der Waals surface area contributed by atoms with Crippen LogP contribution in [0.3, 0.4) is 0 Å². The first kappa shape index (κ1) is 28.9. The van der Waals surface area contributed by atoms with Gasteiger partial charge in [-0.15, -0.1) is 0 Å². The van der Waals surface area contributed by atoms with Crippen molar-refractivity contribution < 1.29 is 18.8 Å². The second-order valence-corrected chi connectivity index (χ2v) is 10.4. The van der Waals surface area contributed by atoms with Crippen LogP contribution in [0, 0.1) is 0 Å². The number of carbonyl (C=O) groups excluding carboxylic acids is 1. The highest BCUT2D eigenvalue weighted by atomic mass is 16.7. The number of benzene rings is 2. The first-order chi connectivity index (χ1) is 16.9. The maximum atomic E-state index is 12.9. The van der Waals surface area contributed by atoms with E-state index in [0.29, 0.717) is 10.9 Å². The average Bonchev–Trinajstić information content (AvgIpc) is 2.86. The molecule has 0 aromatic heterocycles. The van der Waals surface area contributed by atoms with Gasteiger partial charge in [-0.05, 0) is 37.5 Å². The summed E-state index contributed by atoms with van der Waals surface area (Å²) in [6.07, 6.45) is 11.8. The smallest absolute Gasteiger partial charge is 0.367 e. The summed E-state index contributed by atoms with van der Waals surface area (Å²) in [7, 11) is 4.12. The Labute approximate surface area is 214 Å². The van der Waals surface area contributed by atoms with Crippen LogP contribution in [0.1, 0.15) is 89.7 Å². The molecule has 0 N–H and O–H groups in total. The van der Waals surface area contributed by atoms with Crippen LogP contribution in [0.5, 0.6) is 5.75 Å². The molecule has 194 valence electrons. The molecule has 2 atom stereocenters. The minimum absolute atomic E-state index is 0.232. The van der Waals surface area contributed by atoms with Crippen molar-refractivity contribution in [2.45, 2.75) is 104 Å². The molecule has 2 rings (SSSR count). The van der Waals surface area contributed by atoms with E-state index in [9.17, 15) is 4.79 Å². The number of quaternary nitrogens is 1. The minimum Gasteiger partial charge on any atom is -0.455 e. The Kier molecular flexibility index (Phi) is 12.9. The maximum absolute atomic E-state index is 12.9. The topological polar surface area (TPSA) is 35.5 Å². The summed E-state index contributed by atoms with van der Waals surface area (Å²) >= 11 is 0. The van der Waals surface area contributed by atoms with E-state index >= 15 is 0 Å². The summed E-state index contributed by atoms with van der Waals surface area (Å²) in [6, 6.07) is 18.2. The fourth-order valence-corrected chi connectivity index (χ4v) is 4.24. The van der Waals surface area contributed by atoms with Gasteiger partial charge in [0.05, 0.1) is 14.1 Å². The summed E-state index contributed by atoms with van der Waals surface area (Å²) < 4.78 is 12.3. The van der Waals surface area contributed by atoms with Crippen LogP contribution in [0.2, 0.25) is 0 Å². The van der Waals surface area contributed by atoms with E-state index in [1.165, 1.54) is 62.5 Å². The molecule has 2 aromatic rings. The first-order valence-corrected chi connectivity index (χ1v) is 13.7. The fraction of sp³-hybridized carbons (Fsp3) is 0.581. The van der Waals surface area contributed by atoms with Crippen molar-refractivity contribution in [2.75, 3.05) is 14.1 Å². The minimum atomic E-state index is -0.583. The zero-order chi connectivity index (χ0) is 25.5. The van der Waals surface area contributed by atoms with Gasteiger partial charge in [0.1, 0.15) is 12.3 Å². The van der Waals surface area contributed by atoms with E-state index in [1.54, 1.807) is 0 Å². The van der Waals surface area contributed by atoms with Gasteiger partial charge in [-0.2, -0.15) is 0 Å². The summed E-state index contributed by atoms with van der Waals surface area (Å²) in [5.74, 6) is 0.513. The van der Waals surface area contributed by atoms with E-state index < -0.39 is 6.29 Å². The van der Waals surface area contributed by atoms with Crippen molar-refractivity contribution in [1.29, 1.82) is 0 Å². The molecule has 0 fully saturated rings. The van der Waals surface area contributed by atoms with Crippen LogP contribution >= 0.6 is 0 Å². The third kappa shape index (κ3) is 10.9. The lowest BCUT2D eigenvalue weighted by atomic mass is 10.0. The first-order valence-electron chi connectivity index (χ1n) is 13.7. The molecule has 2 unspecified atom stereocenters. The fourth-order valence-electron chi connectivity index (χ4n) is 4.24. The molecule has 0 amide bonds. The van der Waals surface area contributed by atoms with Crippen LogP contribution in [0.25, 0.3) is 0 Å². The molecule has 35 heavy (non-hydrogen) atoms. The molecule has 0 saturated heterocycles. The van der Waals surface area contributed by atoms with Crippen LogP contribution in [-0.2, 0) is 22.5 Å². The summed E-state index contributed by atoms with van der Waals surface area (Å²) in [6.45, 7) is 6.93. The van der Waals surface area contributed by atoms with E-state index in [4.69, 9.17) is 9.47 Å². The van der Waals surface area contributed by atoms with Crippen LogP contribution in [-0.4, -0.2) is 36.9 Å². The van der Waals surface area contributed by atoms with Gasteiger partial charge in [0.2, 0.25) is 6.29 Å². The van der Waals surface area contributed by atoms with Crippen LogP contribution in [0.15, 0.2) is 54.6 Å². The van der Waals surface area contributed by atoms with Gasteiger partial charge in [-0.25, -0.2) is 4.79 Å². The van der Waals surface area contributed by atoms with Gasteiger partial charge in [0.25, 0.3) is 0 Å². The van der Waals surface area contributed by atoms with Crippen molar-refractivity contribution in [3.05, 3.63) is 65.7 Å². The number of ether oxygens (including phenoxy) is 2. The van der Waals surface area contributed by atoms with Crippen molar-refractivity contribution >= 4 is 5.97 Å². The number of nitrogens with zero attached hydrogens (tertiary/aromatic N) is 1. The zero-order valence-electron chi connectivity index (χ0n) is 22.8. The van der Waals surface area contributed by atoms with E-state index in [0.717, 1.165) is 18.7 Å². The van der Waals surface area contributed by atoms with Crippen molar-refractivity contribution in [3.63, 3.8) is 0 Å². The zero-order valence-corrected chi connectivity index (χ0v) is 22.8. The van der Waals surface area contributed by atoms with E-state index in [1.807, 2.05) is 44.2 Å². The molecule has 0 bridgehead atoms. The molecule has 0 aliphatic carbocycles. The molecule has 2 aromatic carbocycles. The Morgan fingerprint density at radius 2 is 1.40 bits per heavy atom. The number of hydrogen-bond acceptors (Lipinski definition) is 3. The van der Waals surface area contributed by atoms with Gasteiger partial charge < -0.3 is 14.0 Å². The van der Waals surface area contributed by atoms with Crippen LogP contribution < -0.4 is 4.74 Å². The summed E-state index contributed by atoms with van der Waals surface area (Å²) in [5, 5.41) is 0. The Morgan fingerprint density at radius 3 is 2.00 bits per heavy atom. The number of carbonyl (C=O) groups is 1. The van der Waals surface area contributed by atoms with Crippen molar-refractivity contribution in [2.24, 2.45) is 0 Å². The molecular weight excluding hydrogens is 434 g/mol. The normalized spacial score (nSPS) is 13.3. The highest BCUT2D eigenvalue weighted by Gasteiger charge is 2.33. The highest BCUT2D eigenvalue weighted by Crippen LogP contribution is 2.20. The third-order valence-corrected chi connectivity index (χ3v) is 6.91. The highest BCUT2D eigenvalue weighted by molar-refractivity contribution is 5.74. The molecule has 0 spiro atoms. The number of aryl methyl sites for hydroxylation is 1. The molecule has 0 heterocycles. The monoisotopic (exact) mass is 482 g/mol. The number of likely N-dealkylation sites (N-methyl/N-ethyl adjacent to an activating group) is 1. The Hall–Kier alpha value is -2.33. The third-order valence-electron chi connectivity index (χ3n) is 6.91. The number of rotatable bonds is 17. The lowest BCUT2D eigenvalue weighted by molar-refractivity contribution is -0.917. The van der Waals surface area contributed by atoms with Gasteiger partial charge in [-0.1, -0.05) is 101 Å². The van der Waals surface area contributed by atoms with Crippen molar-refractivity contribution in [1.82, 2.24) is 0 Å². The van der Waals surface area contributed by atoms with Gasteiger partial charge in [0.15, 0.2) is 6.04 Å². The molecule has 0 aliphatic rings. The predicted octanol–water partition coefficient (Wildman–Crippen LogP) is 7.69. The average molecular weight is 483 g/mol. The second-order valence-electron chi connectivity index (χ2n) is 10.4. The van der Waals surface area contributed by atoms with Crippen LogP contribution in [0.4, 0.5) is 0 Å². The van der Waals surface area contributed by atoms with Crippen molar-refractivity contribution in [3.8, 4) is 5.75 Å². The molecule has 4 heteroatoms. The SMILES string of the molecule is CCCCCCCCCCc1ccc(OC(CC)OC(=O)C(C)[N+](C)(C)Cc2ccccc2)cc1. The van der Waals surface area contributed by atoms with Gasteiger partial charge in [-0.3, -0.25) is 0 Å².